The Morgan fingerprint density at radius 2 is 1.82 bits per heavy atom. The van der Waals surface area contributed by atoms with E-state index in [1.54, 1.807) is 23.1 Å². The fraction of sp³-hybridized carbons (Fsp3) is 0.0667. The molecule has 0 saturated carbocycles. The molecule has 0 saturated heterocycles. The van der Waals surface area contributed by atoms with E-state index >= 15 is 0 Å². The molecule has 1 aromatic heterocycles. The molecule has 7 heteroatoms. The van der Waals surface area contributed by atoms with Gasteiger partial charge in [0.2, 0.25) is 10.0 Å². The lowest BCUT2D eigenvalue weighted by molar-refractivity contribution is 0.597. The fourth-order valence-electron chi connectivity index (χ4n) is 2.37. The third-order valence-corrected chi connectivity index (χ3v) is 4.24. The summed E-state index contributed by atoms with van der Waals surface area (Å²) in [7, 11) is -3.83. The lowest BCUT2D eigenvalue weighted by atomic mass is 9.99. The molecule has 0 bridgehead atoms. The summed E-state index contributed by atoms with van der Waals surface area (Å²) in [4.78, 5) is 0.108. The first-order valence-corrected chi connectivity index (χ1v) is 8.14. The highest BCUT2D eigenvalue weighted by Crippen LogP contribution is 2.30. The smallest absolute Gasteiger partial charge is 0.238 e. The van der Waals surface area contributed by atoms with Crippen LogP contribution in [0.25, 0.3) is 11.1 Å². The highest BCUT2D eigenvalue weighted by atomic mass is 32.2. The molecule has 0 fully saturated rings. The van der Waals surface area contributed by atoms with Crippen LogP contribution in [0.4, 0.5) is 0 Å². The minimum absolute atomic E-state index is 0.108. The van der Waals surface area contributed by atoms with Crippen LogP contribution in [0.2, 0.25) is 0 Å². The summed E-state index contributed by atoms with van der Waals surface area (Å²) in [6, 6.07) is 14.4. The second-order valence-corrected chi connectivity index (χ2v) is 6.33. The van der Waals surface area contributed by atoms with Gasteiger partial charge in [0, 0.05) is 11.8 Å². The van der Waals surface area contributed by atoms with Crippen molar-refractivity contribution >= 4 is 10.0 Å². The maximum atomic E-state index is 11.9. The fourth-order valence-corrected chi connectivity index (χ4v) is 3.17. The van der Waals surface area contributed by atoms with Crippen LogP contribution in [0.15, 0.2) is 65.8 Å². The van der Waals surface area contributed by atoms with Crippen molar-refractivity contribution in [2.24, 2.45) is 5.14 Å². The van der Waals surface area contributed by atoms with Gasteiger partial charge in [0.25, 0.3) is 0 Å². The molecule has 1 heterocycles. The molecular formula is C15H14N4O2S. The van der Waals surface area contributed by atoms with Crippen LogP contribution >= 0.6 is 0 Å². The predicted octanol–water partition coefficient (Wildman–Crippen LogP) is 1.64. The van der Waals surface area contributed by atoms with Crippen LogP contribution in [-0.2, 0) is 16.6 Å². The lowest BCUT2D eigenvalue weighted by Crippen LogP contribution is -2.15. The van der Waals surface area contributed by atoms with Gasteiger partial charge in [-0.3, -0.25) is 0 Å². The van der Waals surface area contributed by atoms with Gasteiger partial charge in [0.1, 0.15) is 0 Å². The van der Waals surface area contributed by atoms with Crippen LogP contribution in [0, 0.1) is 0 Å². The molecule has 2 N–H and O–H groups in total. The molecule has 3 rings (SSSR count). The molecule has 0 atom stereocenters. The van der Waals surface area contributed by atoms with Crippen molar-refractivity contribution < 1.29 is 8.42 Å². The summed E-state index contributed by atoms with van der Waals surface area (Å²) in [6.45, 7) is 0.410. The number of hydrogen-bond acceptors (Lipinski definition) is 4. The topological polar surface area (TPSA) is 90.9 Å². The van der Waals surface area contributed by atoms with Gasteiger partial charge in [0.15, 0.2) is 0 Å². The zero-order valence-electron chi connectivity index (χ0n) is 11.6. The lowest BCUT2D eigenvalue weighted by Gasteiger charge is -2.14. The number of sulfonamides is 1. The number of rotatable bonds is 4. The molecule has 22 heavy (non-hydrogen) atoms. The standard InChI is InChI=1S/C15H14N4O2S/c16-22(20,21)14-8-4-7-13(11-19-10-9-17-18-19)15(14)12-5-2-1-3-6-12/h1-10H,11H2,(H2,16,20,21). The highest BCUT2D eigenvalue weighted by Gasteiger charge is 2.18. The Morgan fingerprint density at radius 1 is 1.05 bits per heavy atom. The maximum absolute atomic E-state index is 11.9. The Hall–Kier alpha value is -2.51. The minimum Gasteiger partial charge on any atom is -0.248 e. The van der Waals surface area contributed by atoms with E-state index in [2.05, 4.69) is 10.3 Å². The summed E-state index contributed by atoms with van der Waals surface area (Å²) >= 11 is 0. The Kier molecular flexibility index (Phi) is 3.74. The minimum atomic E-state index is -3.83. The van der Waals surface area contributed by atoms with Crippen molar-refractivity contribution in [3.05, 3.63) is 66.5 Å². The third kappa shape index (κ3) is 2.90. The number of primary sulfonamides is 1. The van der Waals surface area contributed by atoms with Gasteiger partial charge in [-0.05, 0) is 17.2 Å². The average molecular weight is 314 g/mol. The van der Waals surface area contributed by atoms with Crippen LogP contribution < -0.4 is 5.14 Å². The summed E-state index contributed by atoms with van der Waals surface area (Å²) < 4.78 is 25.5. The van der Waals surface area contributed by atoms with Crippen molar-refractivity contribution in [2.75, 3.05) is 0 Å². The van der Waals surface area contributed by atoms with E-state index in [9.17, 15) is 8.42 Å². The number of aromatic nitrogens is 3. The molecule has 0 aliphatic heterocycles. The van der Waals surface area contributed by atoms with Gasteiger partial charge >= 0.3 is 0 Å². The van der Waals surface area contributed by atoms with Gasteiger partial charge in [-0.2, -0.15) is 0 Å². The summed E-state index contributed by atoms with van der Waals surface area (Å²) in [5.41, 5.74) is 2.20. The first kappa shape index (κ1) is 14.4. The van der Waals surface area contributed by atoms with Crippen molar-refractivity contribution in [2.45, 2.75) is 11.4 Å². The second kappa shape index (κ2) is 5.70. The SMILES string of the molecule is NS(=O)(=O)c1cccc(Cn2ccnn2)c1-c1ccccc1. The second-order valence-electron chi connectivity index (χ2n) is 4.80. The Bertz CT molecular complexity index is 875. The number of hydrogen-bond donors (Lipinski definition) is 1. The summed E-state index contributed by atoms with van der Waals surface area (Å²) in [5.74, 6) is 0. The van der Waals surface area contributed by atoms with E-state index < -0.39 is 10.0 Å². The van der Waals surface area contributed by atoms with Crippen LogP contribution in [-0.4, -0.2) is 23.4 Å². The zero-order chi connectivity index (χ0) is 15.6. The first-order valence-electron chi connectivity index (χ1n) is 6.60. The molecular weight excluding hydrogens is 300 g/mol. The number of nitrogens with two attached hydrogens (primary N) is 1. The maximum Gasteiger partial charge on any atom is 0.238 e. The van der Waals surface area contributed by atoms with Crippen molar-refractivity contribution in [1.29, 1.82) is 0 Å². The van der Waals surface area contributed by atoms with Gasteiger partial charge < -0.3 is 0 Å². The zero-order valence-corrected chi connectivity index (χ0v) is 12.4. The largest absolute Gasteiger partial charge is 0.248 e. The predicted molar refractivity (Wildman–Crippen MR) is 82.4 cm³/mol. The van der Waals surface area contributed by atoms with Crippen LogP contribution in [0.5, 0.6) is 0 Å². The van der Waals surface area contributed by atoms with E-state index in [1.807, 2.05) is 36.4 Å². The third-order valence-electron chi connectivity index (χ3n) is 3.29. The number of benzene rings is 2. The molecule has 6 nitrogen and oxygen atoms in total. The summed E-state index contributed by atoms with van der Waals surface area (Å²) in [5, 5.41) is 13.1. The van der Waals surface area contributed by atoms with Crippen LogP contribution in [0.1, 0.15) is 5.56 Å². The quantitative estimate of drug-likeness (QED) is 0.792. The van der Waals surface area contributed by atoms with Gasteiger partial charge in [-0.25, -0.2) is 18.2 Å². The van der Waals surface area contributed by atoms with Gasteiger partial charge in [0.05, 0.1) is 17.6 Å². The monoisotopic (exact) mass is 314 g/mol. The molecule has 0 unspecified atom stereocenters. The normalized spacial score (nSPS) is 11.5. The van der Waals surface area contributed by atoms with Gasteiger partial charge in [-0.1, -0.05) is 47.7 Å². The van der Waals surface area contributed by atoms with E-state index in [0.29, 0.717) is 12.1 Å². The number of nitrogens with zero attached hydrogens (tertiary/aromatic N) is 3. The molecule has 3 aromatic rings. The van der Waals surface area contributed by atoms with Crippen LogP contribution in [0.3, 0.4) is 0 Å². The van der Waals surface area contributed by atoms with E-state index in [0.717, 1.165) is 11.1 Å². The Morgan fingerprint density at radius 3 is 2.45 bits per heavy atom. The van der Waals surface area contributed by atoms with Crippen molar-refractivity contribution in [1.82, 2.24) is 15.0 Å². The molecule has 2 aromatic carbocycles. The molecule has 0 spiro atoms. The average Bonchev–Trinajstić information content (AvgIpc) is 3.00. The molecule has 0 aliphatic carbocycles. The molecule has 0 radical (unpaired) electrons. The highest BCUT2D eigenvalue weighted by molar-refractivity contribution is 7.89. The Balaban J connectivity index is 2.22. The van der Waals surface area contributed by atoms with Crippen molar-refractivity contribution in [3.8, 4) is 11.1 Å². The molecule has 0 aliphatic rings. The Labute approximate surface area is 128 Å². The molecule has 0 amide bonds. The van der Waals surface area contributed by atoms with E-state index in [1.165, 1.54) is 6.07 Å². The van der Waals surface area contributed by atoms with Crippen molar-refractivity contribution in [3.63, 3.8) is 0 Å². The first-order chi connectivity index (χ1) is 10.6. The van der Waals surface area contributed by atoms with Gasteiger partial charge in [-0.15, -0.1) is 5.10 Å². The van der Waals surface area contributed by atoms with E-state index in [4.69, 9.17) is 5.14 Å². The summed E-state index contributed by atoms with van der Waals surface area (Å²) in [6.07, 6.45) is 3.30. The van der Waals surface area contributed by atoms with E-state index in [-0.39, 0.29) is 4.90 Å². The molecule has 112 valence electrons.